The lowest BCUT2D eigenvalue weighted by Crippen LogP contribution is -2.02. The van der Waals surface area contributed by atoms with Gasteiger partial charge in [0.05, 0.1) is 5.69 Å². The second kappa shape index (κ2) is 6.59. The molecule has 0 radical (unpaired) electrons. The number of benzene rings is 1. The van der Waals surface area contributed by atoms with E-state index in [-0.39, 0.29) is 5.75 Å². The predicted molar refractivity (Wildman–Crippen MR) is 101 cm³/mol. The molecule has 1 aliphatic carbocycles. The molecule has 0 spiro atoms. The highest BCUT2D eigenvalue weighted by molar-refractivity contribution is 5.73. The fourth-order valence-electron chi connectivity index (χ4n) is 2.82. The number of phenolic OH excluding ortho intramolecular Hbond substituents is 1. The van der Waals surface area contributed by atoms with Crippen molar-refractivity contribution in [2.24, 2.45) is 0 Å². The van der Waals surface area contributed by atoms with Gasteiger partial charge >= 0.3 is 0 Å². The highest BCUT2D eigenvalue weighted by Crippen LogP contribution is 2.40. The third-order valence-electron chi connectivity index (χ3n) is 4.32. The van der Waals surface area contributed by atoms with Crippen molar-refractivity contribution in [3.63, 3.8) is 0 Å². The van der Waals surface area contributed by atoms with E-state index < -0.39 is 0 Å². The van der Waals surface area contributed by atoms with Gasteiger partial charge in [-0.25, -0.2) is 15.0 Å². The Morgan fingerprint density at radius 2 is 1.92 bits per heavy atom. The van der Waals surface area contributed by atoms with Crippen LogP contribution in [0.25, 0.3) is 11.3 Å². The van der Waals surface area contributed by atoms with Crippen molar-refractivity contribution in [1.29, 1.82) is 0 Å². The average molecular weight is 348 g/mol. The molecule has 2 aromatic heterocycles. The topological polar surface area (TPSA) is 95.9 Å². The van der Waals surface area contributed by atoms with E-state index in [1.54, 1.807) is 18.5 Å². The Morgan fingerprint density at radius 3 is 2.69 bits per heavy atom. The molecule has 0 amide bonds. The van der Waals surface area contributed by atoms with Gasteiger partial charge in [0.25, 0.3) is 0 Å². The second-order valence-electron chi connectivity index (χ2n) is 6.43. The van der Waals surface area contributed by atoms with Gasteiger partial charge in [0.15, 0.2) is 0 Å². The molecule has 0 atom stereocenters. The Bertz CT molecular complexity index is 955. The van der Waals surface area contributed by atoms with E-state index in [9.17, 15) is 5.11 Å². The Kier molecular flexibility index (Phi) is 4.12. The summed E-state index contributed by atoms with van der Waals surface area (Å²) in [4.78, 5) is 17.5. The van der Waals surface area contributed by atoms with Gasteiger partial charge in [-0.2, -0.15) is 4.98 Å². The molecule has 3 aromatic rings. The number of hydrogen-bond acceptors (Lipinski definition) is 7. The van der Waals surface area contributed by atoms with Gasteiger partial charge < -0.3 is 15.7 Å². The molecule has 26 heavy (non-hydrogen) atoms. The van der Waals surface area contributed by atoms with Crippen LogP contribution in [0.4, 0.5) is 17.5 Å². The largest absolute Gasteiger partial charge is 0.507 e. The van der Waals surface area contributed by atoms with Crippen LogP contribution >= 0.6 is 0 Å². The Morgan fingerprint density at radius 1 is 1.08 bits per heavy atom. The van der Waals surface area contributed by atoms with Crippen molar-refractivity contribution in [2.75, 3.05) is 17.7 Å². The summed E-state index contributed by atoms with van der Waals surface area (Å²) in [6, 6.07) is 9.10. The highest BCUT2D eigenvalue weighted by atomic mass is 16.3. The first-order valence-corrected chi connectivity index (χ1v) is 8.58. The summed E-state index contributed by atoms with van der Waals surface area (Å²) in [5, 5.41) is 16.5. The fraction of sp³-hybridized carbons (Fsp3) is 0.263. The molecule has 0 unspecified atom stereocenters. The monoisotopic (exact) mass is 348 g/mol. The lowest BCUT2D eigenvalue weighted by Gasteiger charge is -2.11. The summed E-state index contributed by atoms with van der Waals surface area (Å²) in [7, 11) is 1.82. The smallest absolute Gasteiger partial charge is 0.229 e. The van der Waals surface area contributed by atoms with Crippen molar-refractivity contribution in [3.8, 4) is 17.0 Å². The van der Waals surface area contributed by atoms with E-state index in [0.29, 0.717) is 23.1 Å². The number of aryl methyl sites for hydroxylation is 1. The van der Waals surface area contributed by atoms with E-state index in [2.05, 4.69) is 30.6 Å². The van der Waals surface area contributed by atoms with Crippen LogP contribution in [0.2, 0.25) is 0 Å². The van der Waals surface area contributed by atoms with Crippen molar-refractivity contribution in [2.45, 2.75) is 25.7 Å². The number of nitrogens with one attached hydrogen (secondary N) is 2. The van der Waals surface area contributed by atoms with Crippen molar-refractivity contribution in [1.82, 2.24) is 19.9 Å². The van der Waals surface area contributed by atoms with Crippen LogP contribution in [0.5, 0.6) is 5.75 Å². The molecule has 1 fully saturated rings. The molecule has 1 saturated carbocycles. The van der Waals surface area contributed by atoms with Crippen LogP contribution in [0.15, 0.2) is 36.7 Å². The number of phenols is 1. The van der Waals surface area contributed by atoms with Crippen molar-refractivity contribution < 1.29 is 5.11 Å². The van der Waals surface area contributed by atoms with Gasteiger partial charge in [0.2, 0.25) is 5.95 Å². The lowest BCUT2D eigenvalue weighted by atomic mass is 10.1. The number of aromatic nitrogens is 4. The molecular formula is C19H20N6O. The van der Waals surface area contributed by atoms with E-state index in [1.807, 2.05) is 32.2 Å². The third kappa shape index (κ3) is 3.42. The maximum atomic E-state index is 10.3. The first-order chi connectivity index (χ1) is 12.6. The molecule has 3 N–H and O–H groups in total. The average Bonchev–Trinajstić information content (AvgIpc) is 3.48. The van der Waals surface area contributed by atoms with Gasteiger partial charge in [0, 0.05) is 41.7 Å². The summed E-state index contributed by atoms with van der Waals surface area (Å²) in [6.07, 6.45) is 3.90. The lowest BCUT2D eigenvalue weighted by molar-refractivity contribution is 0.477. The summed E-state index contributed by atoms with van der Waals surface area (Å²) in [6.45, 7) is 1.91. The first-order valence-electron chi connectivity index (χ1n) is 8.58. The third-order valence-corrected chi connectivity index (χ3v) is 4.32. The van der Waals surface area contributed by atoms with E-state index >= 15 is 0 Å². The number of hydrogen-bond donors (Lipinski definition) is 3. The summed E-state index contributed by atoms with van der Waals surface area (Å²) in [5.74, 6) is 1.94. The highest BCUT2D eigenvalue weighted by Gasteiger charge is 2.25. The van der Waals surface area contributed by atoms with Crippen molar-refractivity contribution >= 4 is 17.5 Å². The van der Waals surface area contributed by atoms with Crippen LogP contribution < -0.4 is 10.6 Å². The number of rotatable bonds is 5. The molecule has 7 nitrogen and oxygen atoms in total. The molecule has 7 heteroatoms. The summed E-state index contributed by atoms with van der Waals surface area (Å²) < 4.78 is 0. The van der Waals surface area contributed by atoms with Gasteiger partial charge in [-0.05, 0) is 44.0 Å². The fourth-order valence-corrected chi connectivity index (χ4v) is 2.82. The van der Waals surface area contributed by atoms with Gasteiger partial charge in [-0.15, -0.1) is 0 Å². The minimum Gasteiger partial charge on any atom is -0.507 e. The van der Waals surface area contributed by atoms with Crippen LogP contribution in [0.3, 0.4) is 0 Å². The van der Waals surface area contributed by atoms with Gasteiger partial charge in [-0.1, -0.05) is 0 Å². The minimum atomic E-state index is 0.178. The Labute approximate surface area is 151 Å². The van der Waals surface area contributed by atoms with Gasteiger partial charge in [-0.3, -0.25) is 0 Å². The van der Waals surface area contributed by atoms with Gasteiger partial charge in [0.1, 0.15) is 17.9 Å². The molecule has 0 bridgehead atoms. The van der Waals surface area contributed by atoms with E-state index in [1.165, 1.54) is 12.8 Å². The van der Waals surface area contributed by atoms with Crippen LogP contribution in [-0.4, -0.2) is 32.1 Å². The predicted octanol–water partition coefficient (Wildman–Crippen LogP) is 3.61. The Balaban J connectivity index is 1.66. The molecule has 4 rings (SSSR count). The second-order valence-corrected chi connectivity index (χ2v) is 6.43. The maximum absolute atomic E-state index is 10.3. The zero-order valence-corrected chi connectivity index (χ0v) is 14.7. The van der Waals surface area contributed by atoms with E-state index in [0.717, 1.165) is 22.9 Å². The minimum absolute atomic E-state index is 0.178. The molecule has 2 heterocycles. The van der Waals surface area contributed by atoms with Crippen LogP contribution in [0, 0.1) is 6.92 Å². The Hall–Kier alpha value is -3.22. The maximum Gasteiger partial charge on any atom is 0.229 e. The number of nitrogens with zero attached hydrogens (tertiary/aromatic N) is 4. The first kappa shape index (κ1) is 16.3. The molecule has 0 aliphatic heterocycles. The zero-order chi connectivity index (χ0) is 18.1. The normalized spacial score (nSPS) is 13.5. The number of aromatic hydroxyl groups is 1. The standard InChI is InChI=1S/C19H20N6O/c1-11-7-18(20-2)25-19(23-11)24-13-5-6-17(26)14(8-13)16-9-15(12-3-4-12)21-10-22-16/h5-10,12,26H,3-4H2,1-2H3,(H2,20,23,24,25). The van der Waals surface area contributed by atoms with E-state index in [4.69, 9.17) is 0 Å². The van der Waals surface area contributed by atoms with Crippen LogP contribution in [0.1, 0.15) is 30.1 Å². The molecule has 1 aliphatic rings. The SMILES string of the molecule is CNc1cc(C)nc(Nc2ccc(O)c(-c3cc(C4CC4)ncn3)c2)n1. The summed E-state index contributed by atoms with van der Waals surface area (Å²) >= 11 is 0. The zero-order valence-electron chi connectivity index (χ0n) is 14.7. The van der Waals surface area contributed by atoms with Crippen LogP contribution in [-0.2, 0) is 0 Å². The molecule has 132 valence electrons. The summed E-state index contributed by atoms with van der Waals surface area (Å²) in [5.41, 5.74) is 4.03. The molecule has 0 saturated heterocycles. The molecular weight excluding hydrogens is 328 g/mol. The molecule has 1 aromatic carbocycles. The number of anilines is 3. The quantitative estimate of drug-likeness (QED) is 0.606. The van der Waals surface area contributed by atoms with Crippen molar-refractivity contribution in [3.05, 3.63) is 48.0 Å².